The zero-order valence-electron chi connectivity index (χ0n) is 6.59. The lowest BCUT2D eigenvalue weighted by molar-refractivity contribution is 0.409. The van der Waals surface area contributed by atoms with Crippen LogP contribution in [0.3, 0.4) is 0 Å². The molecule has 0 spiro atoms. The average Bonchev–Trinajstić information content (AvgIpc) is 1.97. The van der Waals surface area contributed by atoms with Crippen molar-refractivity contribution in [3.63, 3.8) is 0 Å². The Kier molecular flexibility index (Phi) is 1.89. The van der Waals surface area contributed by atoms with Gasteiger partial charge in [-0.3, -0.25) is 0 Å². The van der Waals surface area contributed by atoms with Gasteiger partial charge in [0.15, 0.2) is 0 Å². The van der Waals surface area contributed by atoms with Gasteiger partial charge in [0.2, 0.25) is 0 Å². The molecular formula is C8H11NO2. The topological polar surface area (TPSA) is 55.5 Å². The van der Waals surface area contributed by atoms with Crippen LogP contribution in [0.5, 0.6) is 11.5 Å². The molecule has 0 aromatic heterocycles. The normalized spacial score (nSPS) is 9.64. The van der Waals surface area contributed by atoms with Crippen molar-refractivity contribution in [3.05, 3.63) is 17.7 Å². The van der Waals surface area contributed by atoms with E-state index in [0.717, 1.165) is 5.56 Å². The van der Waals surface area contributed by atoms with Gasteiger partial charge in [0.05, 0.1) is 12.8 Å². The molecule has 0 atom stereocenters. The SMILES string of the molecule is COc1cc(O)c(C)cc1N. The van der Waals surface area contributed by atoms with Crippen LogP contribution >= 0.6 is 0 Å². The number of nitrogen functional groups attached to an aromatic ring is 1. The summed E-state index contributed by atoms with van der Waals surface area (Å²) in [6.45, 7) is 1.78. The first-order chi connectivity index (χ1) is 5.15. The molecule has 0 amide bonds. The number of aromatic hydroxyl groups is 1. The van der Waals surface area contributed by atoms with Gasteiger partial charge < -0.3 is 15.6 Å². The Bertz CT molecular complexity index is 271. The number of hydrogen-bond donors (Lipinski definition) is 2. The summed E-state index contributed by atoms with van der Waals surface area (Å²) in [5.41, 5.74) is 6.86. The van der Waals surface area contributed by atoms with E-state index in [1.165, 1.54) is 13.2 Å². The van der Waals surface area contributed by atoms with E-state index in [1.54, 1.807) is 13.0 Å². The third-order valence-electron chi connectivity index (χ3n) is 1.55. The highest BCUT2D eigenvalue weighted by molar-refractivity contribution is 5.58. The van der Waals surface area contributed by atoms with E-state index in [4.69, 9.17) is 10.5 Å². The highest BCUT2D eigenvalue weighted by atomic mass is 16.5. The molecule has 0 aliphatic carbocycles. The van der Waals surface area contributed by atoms with Gasteiger partial charge in [0, 0.05) is 6.07 Å². The number of nitrogens with two attached hydrogens (primary N) is 1. The van der Waals surface area contributed by atoms with Gasteiger partial charge in [-0.2, -0.15) is 0 Å². The minimum absolute atomic E-state index is 0.205. The fourth-order valence-corrected chi connectivity index (χ4v) is 0.876. The maximum atomic E-state index is 9.22. The van der Waals surface area contributed by atoms with Crippen molar-refractivity contribution in [3.8, 4) is 11.5 Å². The Morgan fingerprint density at radius 2 is 2.09 bits per heavy atom. The first kappa shape index (κ1) is 7.72. The molecule has 0 saturated heterocycles. The fraction of sp³-hybridized carbons (Fsp3) is 0.250. The van der Waals surface area contributed by atoms with Crippen molar-refractivity contribution in [2.75, 3.05) is 12.8 Å². The zero-order valence-corrected chi connectivity index (χ0v) is 6.59. The Hall–Kier alpha value is -1.38. The standard InChI is InChI=1S/C8H11NO2/c1-5-3-6(9)8(11-2)4-7(5)10/h3-4,10H,9H2,1-2H3. The molecule has 60 valence electrons. The Labute approximate surface area is 65.4 Å². The van der Waals surface area contributed by atoms with E-state index in [-0.39, 0.29) is 5.75 Å². The first-order valence-corrected chi connectivity index (χ1v) is 3.28. The van der Waals surface area contributed by atoms with Gasteiger partial charge in [-0.1, -0.05) is 0 Å². The van der Waals surface area contributed by atoms with Crippen LogP contribution in [0.15, 0.2) is 12.1 Å². The Balaban J connectivity index is 3.21. The summed E-state index contributed by atoms with van der Waals surface area (Å²) in [6.07, 6.45) is 0. The van der Waals surface area contributed by atoms with Crippen LogP contribution in [0.1, 0.15) is 5.56 Å². The molecule has 3 N–H and O–H groups in total. The van der Waals surface area contributed by atoms with Gasteiger partial charge in [-0.15, -0.1) is 0 Å². The van der Waals surface area contributed by atoms with Crippen LogP contribution < -0.4 is 10.5 Å². The summed E-state index contributed by atoms with van der Waals surface area (Å²) < 4.78 is 4.90. The maximum absolute atomic E-state index is 9.22. The molecule has 3 heteroatoms. The van der Waals surface area contributed by atoms with E-state index >= 15 is 0 Å². The molecule has 0 radical (unpaired) electrons. The van der Waals surface area contributed by atoms with E-state index in [1.807, 2.05) is 0 Å². The average molecular weight is 153 g/mol. The molecule has 1 rings (SSSR count). The molecule has 0 unspecified atom stereocenters. The van der Waals surface area contributed by atoms with Crippen LogP contribution in [-0.2, 0) is 0 Å². The third kappa shape index (κ3) is 1.37. The number of rotatable bonds is 1. The number of phenolic OH excluding ortho intramolecular Hbond substituents is 1. The lowest BCUT2D eigenvalue weighted by Crippen LogP contribution is -1.92. The second-order valence-corrected chi connectivity index (χ2v) is 2.38. The van der Waals surface area contributed by atoms with Crippen LogP contribution in [0.4, 0.5) is 5.69 Å². The molecule has 0 bridgehead atoms. The summed E-state index contributed by atoms with van der Waals surface area (Å²) in [6, 6.07) is 3.18. The van der Waals surface area contributed by atoms with Crippen molar-refractivity contribution in [1.29, 1.82) is 0 Å². The van der Waals surface area contributed by atoms with E-state index in [2.05, 4.69) is 0 Å². The van der Waals surface area contributed by atoms with Crippen molar-refractivity contribution in [2.24, 2.45) is 0 Å². The van der Waals surface area contributed by atoms with Crippen LogP contribution in [0.25, 0.3) is 0 Å². The predicted molar refractivity (Wildman–Crippen MR) is 43.8 cm³/mol. The van der Waals surface area contributed by atoms with E-state index < -0.39 is 0 Å². The highest BCUT2D eigenvalue weighted by Gasteiger charge is 2.02. The van der Waals surface area contributed by atoms with Crippen molar-refractivity contribution < 1.29 is 9.84 Å². The van der Waals surface area contributed by atoms with Gasteiger partial charge in [0.1, 0.15) is 11.5 Å². The lowest BCUT2D eigenvalue weighted by atomic mass is 10.2. The van der Waals surface area contributed by atoms with Crippen LogP contribution in [0.2, 0.25) is 0 Å². The lowest BCUT2D eigenvalue weighted by Gasteiger charge is -2.06. The number of ether oxygens (including phenoxy) is 1. The first-order valence-electron chi connectivity index (χ1n) is 3.28. The molecule has 0 aliphatic rings. The highest BCUT2D eigenvalue weighted by Crippen LogP contribution is 2.28. The Morgan fingerprint density at radius 1 is 1.45 bits per heavy atom. The van der Waals surface area contributed by atoms with Gasteiger partial charge in [0.25, 0.3) is 0 Å². The van der Waals surface area contributed by atoms with Crippen molar-refractivity contribution in [2.45, 2.75) is 6.92 Å². The Morgan fingerprint density at radius 3 is 2.64 bits per heavy atom. The van der Waals surface area contributed by atoms with E-state index in [9.17, 15) is 5.11 Å². The second-order valence-electron chi connectivity index (χ2n) is 2.38. The molecule has 11 heavy (non-hydrogen) atoms. The van der Waals surface area contributed by atoms with Crippen LogP contribution in [-0.4, -0.2) is 12.2 Å². The number of anilines is 1. The summed E-state index contributed by atoms with van der Waals surface area (Å²) in [5, 5.41) is 9.22. The third-order valence-corrected chi connectivity index (χ3v) is 1.55. The molecule has 0 fully saturated rings. The summed E-state index contributed by atoms with van der Waals surface area (Å²) in [7, 11) is 1.51. The van der Waals surface area contributed by atoms with Crippen molar-refractivity contribution >= 4 is 5.69 Å². The minimum atomic E-state index is 0.205. The summed E-state index contributed by atoms with van der Waals surface area (Å²) in [4.78, 5) is 0. The van der Waals surface area contributed by atoms with Gasteiger partial charge in [-0.05, 0) is 18.6 Å². The fourth-order valence-electron chi connectivity index (χ4n) is 0.876. The quantitative estimate of drug-likeness (QED) is 0.472. The summed E-state index contributed by atoms with van der Waals surface area (Å²) in [5.74, 6) is 0.712. The number of aryl methyl sites for hydroxylation is 1. The largest absolute Gasteiger partial charge is 0.508 e. The van der Waals surface area contributed by atoms with Crippen LogP contribution in [0, 0.1) is 6.92 Å². The molecule has 0 saturated carbocycles. The molecule has 0 heterocycles. The van der Waals surface area contributed by atoms with E-state index in [0.29, 0.717) is 11.4 Å². The molecule has 1 aromatic rings. The molecule has 0 aliphatic heterocycles. The number of methoxy groups -OCH3 is 1. The number of hydrogen-bond acceptors (Lipinski definition) is 3. The predicted octanol–water partition coefficient (Wildman–Crippen LogP) is 1.29. The number of benzene rings is 1. The van der Waals surface area contributed by atoms with Gasteiger partial charge in [-0.25, -0.2) is 0 Å². The molecule has 1 aromatic carbocycles. The smallest absolute Gasteiger partial charge is 0.145 e. The maximum Gasteiger partial charge on any atom is 0.145 e. The number of phenols is 1. The monoisotopic (exact) mass is 153 g/mol. The minimum Gasteiger partial charge on any atom is -0.508 e. The summed E-state index contributed by atoms with van der Waals surface area (Å²) >= 11 is 0. The zero-order chi connectivity index (χ0) is 8.43. The molecule has 3 nitrogen and oxygen atoms in total. The van der Waals surface area contributed by atoms with Crippen molar-refractivity contribution in [1.82, 2.24) is 0 Å². The molecular weight excluding hydrogens is 142 g/mol. The second kappa shape index (κ2) is 2.70. The van der Waals surface area contributed by atoms with Gasteiger partial charge >= 0.3 is 0 Å².